The van der Waals surface area contributed by atoms with E-state index in [1.807, 2.05) is 18.2 Å². The van der Waals surface area contributed by atoms with Crippen LogP contribution in [0.3, 0.4) is 0 Å². The SMILES string of the molecule is Fc1ccc(CN2CCN(c3cccc(Cl)c3)CC2)c(Cl)c1. The maximum atomic E-state index is 13.1. The fourth-order valence-electron chi connectivity index (χ4n) is 2.73. The molecule has 2 nitrogen and oxygen atoms in total. The highest BCUT2D eigenvalue weighted by Gasteiger charge is 2.18. The van der Waals surface area contributed by atoms with Crippen molar-refractivity contribution in [2.24, 2.45) is 0 Å². The van der Waals surface area contributed by atoms with Crippen LogP contribution in [0.25, 0.3) is 0 Å². The molecule has 0 aromatic heterocycles. The van der Waals surface area contributed by atoms with Gasteiger partial charge in [0, 0.05) is 48.5 Å². The predicted octanol–water partition coefficient (Wildman–Crippen LogP) is 4.45. The van der Waals surface area contributed by atoms with Crippen molar-refractivity contribution in [2.75, 3.05) is 31.1 Å². The minimum atomic E-state index is -0.292. The zero-order chi connectivity index (χ0) is 15.5. The van der Waals surface area contributed by atoms with E-state index in [-0.39, 0.29) is 5.82 Å². The minimum Gasteiger partial charge on any atom is -0.369 e. The summed E-state index contributed by atoms with van der Waals surface area (Å²) in [5, 5.41) is 1.26. The molecule has 0 saturated carbocycles. The summed E-state index contributed by atoms with van der Waals surface area (Å²) >= 11 is 12.1. The maximum absolute atomic E-state index is 13.1. The van der Waals surface area contributed by atoms with Crippen molar-refractivity contribution in [3.8, 4) is 0 Å². The Morgan fingerprint density at radius 3 is 2.41 bits per heavy atom. The van der Waals surface area contributed by atoms with Gasteiger partial charge in [0.15, 0.2) is 0 Å². The van der Waals surface area contributed by atoms with Crippen molar-refractivity contribution in [3.63, 3.8) is 0 Å². The van der Waals surface area contributed by atoms with Crippen molar-refractivity contribution < 1.29 is 4.39 Å². The van der Waals surface area contributed by atoms with Gasteiger partial charge in [-0.3, -0.25) is 4.90 Å². The third kappa shape index (κ3) is 3.72. The van der Waals surface area contributed by atoms with Gasteiger partial charge in [-0.15, -0.1) is 0 Å². The molecule has 2 aromatic carbocycles. The van der Waals surface area contributed by atoms with Crippen LogP contribution in [-0.2, 0) is 6.54 Å². The Hall–Kier alpha value is -1.29. The molecule has 0 amide bonds. The fourth-order valence-corrected chi connectivity index (χ4v) is 3.14. The van der Waals surface area contributed by atoms with E-state index in [1.165, 1.54) is 12.1 Å². The largest absolute Gasteiger partial charge is 0.369 e. The summed E-state index contributed by atoms with van der Waals surface area (Å²) in [5.74, 6) is -0.292. The second kappa shape index (κ2) is 6.86. The number of halogens is 3. The van der Waals surface area contributed by atoms with Crippen LogP contribution >= 0.6 is 23.2 Å². The van der Waals surface area contributed by atoms with Gasteiger partial charge in [0.05, 0.1) is 0 Å². The molecule has 0 unspecified atom stereocenters. The van der Waals surface area contributed by atoms with E-state index < -0.39 is 0 Å². The molecule has 0 radical (unpaired) electrons. The second-order valence-corrected chi connectivity index (χ2v) is 6.32. The van der Waals surface area contributed by atoms with E-state index in [0.29, 0.717) is 5.02 Å². The Labute approximate surface area is 140 Å². The van der Waals surface area contributed by atoms with Gasteiger partial charge in [0.1, 0.15) is 5.82 Å². The molecule has 5 heteroatoms. The topological polar surface area (TPSA) is 6.48 Å². The lowest BCUT2D eigenvalue weighted by Gasteiger charge is -2.36. The van der Waals surface area contributed by atoms with Crippen LogP contribution in [0.4, 0.5) is 10.1 Å². The molecule has 0 bridgehead atoms. The number of benzene rings is 2. The van der Waals surface area contributed by atoms with Crippen LogP contribution in [0.2, 0.25) is 10.0 Å². The Morgan fingerprint density at radius 1 is 0.955 bits per heavy atom. The van der Waals surface area contributed by atoms with Gasteiger partial charge in [0.25, 0.3) is 0 Å². The van der Waals surface area contributed by atoms with Crippen molar-refractivity contribution in [1.29, 1.82) is 0 Å². The lowest BCUT2D eigenvalue weighted by Crippen LogP contribution is -2.46. The van der Waals surface area contributed by atoms with Crippen LogP contribution in [-0.4, -0.2) is 31.1 Å². The number of nitrogens with zero attached hydrogens (tertiary/aromatic N) is 2. The maximum Gasteiger partial charge on any atom is 0.124 e. The zero-order valence-electron chi connectivity index (χ0n) is 12.1. The van der Waals surface area contributed by atoms with Gasteiger partial charge in [-0.2, -0.15) is 0 Å². The average molecular weight is 339 g/mol. The molecule has 3 rings (SSSR count). The minimum absolute atomic E-state index is 0.292. The van der Waals surface area contributed by atoms with Crippen molar-refractivity contribution in [3.05, 3.63) is 63.9 Å². The number of hydrogen-bond donors (Lipinski definition) is 0. The fraction of sp³-hybridized carbons (Fsp3) is 0.294. The highest BCUT2D eigenvalue weighted by atomic mass is 35.5. The van der Waals surface area contributed by atoms with Crippen LogP contribution in [0, 0.1) is 5.82 Å². The van der Waals surface area contributed by atoms with Gasteiger partial charge in [-0.25, -0.2) is 4.39 Å². The summed E-state index contributed by atoms with van der Waals surface area (Å²) < 4.78 is 13.1. The predicted molar refractivity (Wildman–Crippen MR) is 90.4 cm³/mol. The average Bonchev–Trinajstić information content (AvgIpc) is 2.51. The summed E-state index contributed by atoms with van der Waals surface area (Å²) in [7, 11) is 0. The third-order valence-electron chi connectivity index (χ3n) is 3.95. The molecular formula is C17H17Cl2FN2. The molecular weight excluding hydrogens is 322 g/mol. The first-order chi connectivity index (χ1) is 10.6. The number of hydrogen-bond acceptors (Lipinski definition) is 2. The lowest BCUT2D eigenvalue weighted by molar-refractivity contribution is 0.250. The van der Waals surface area contributed by atoms with E-state index in [4.69, 9.17) is 23.2 Å². The summed E-state index contributed by atoms with van der Waals surface area (Å²) in [6.45, 7) is 4.53. The summed E-state index contributed by atoms with van der Waals surface area (Å²) in [6.07, 6.45) is 0. The van der Waals surface area contributed by atoms with Gasteiger partial charge in [-0.05, 0) is 35.9 Å². The van der Waals surface area contributed by atoms with Gasteiger partial charge in [0.2, 0.25) is 0 Å². The van der Waals surface area contributed by atoms with Crippen molar-refractivity contribution in [1.82, 2.24) is 4.90 Å². The number of anilines is 1. The van der Waals surface area contributed by atoms with E-state index in [9.17, 15) is 4.39 Å². The first-order valence-corrected chi connectivity index (χ1v) is 8.04. The molecule has 1 aliphatic heterocycles. The Bertz CT molecular complexity index is 655. The smallest absolute Gasteiger partial charge is 0.124 e. The summed E-state index contributed by atoms with van der Waals surface area (Å²) in [4.78, 5) is 4.66. The Morgan fingerprint density at radius 2 is 1.73 bits per heavy atom. The molecule has 1 heterocycles. The summed E-state index contributed by atoms with van der Waals surface area (Å²) in [5.41, 5.74) is 2.13. The molecule has 1 fully saturated rings. The van der Waals surface area contributed by atoms with Gasteiger partial charge in [-0.1, -0.05) is 35.3 Å². The Balaban J connectivity index is 1.60. The molecule has 0 atom stereocenters. The normalized spacial score (nSPS) is 16.0. The van der Waals surface area contributed by atoms with Crippen LogP contribution in [0.15, 0.2) is 42.5 Å². The highest BCUT2D eigenvalue weighted by molar-refractivity contribution is 6.31. The van der Waals surface area contributed by atoms with Crippen LogP contribution in [0.5, 0.6) is 0 Å². The monoisotopic (exact) mass is 338 g/mol. The van der Waals surface area contributed by atoms with Crippen molar-refractivity contribution in [2.45, 2.75) is 6.54 Å². The third-order valence-corrected chi connectivity index (χ3v) is 4.54. The molecule has 2 aromatic rings. The molecule has 0 aliphatic carbocycles. The quantitative estimate of drug-likeness (QED) is 0.815. The first kappa shape index (κ1) is 15.6. The van der Waals surface area contributed by atoms with E-state index in [1.54, 1.807) is 6.07 Å². The zero-order valence-corrected chi connectivity index (χ0v) is 13.6. The number of piperazine rings is 1. The lowest BCUT2D eigenvalue weighted by atomic mass is 10.2. The van der Waals surface area contributed by atoms with Gasteiger partial charge < -0.3 is 4.90 Å². The number of rotatable bonds is 3. The van der Waals surface area contributed by atoms with Gasteiger partial charge >= 0.3 is 0 Å². The van der Waals surface area contributed by atoms with E-state index in [2.05, 4.69) is 15.9 Å². The molecule has 0 spiro atoms. The molecule has 22 heavy (non-hydrogen) atoms. The molecule has 1 aliphatic rings. The molecule has 116 valence electrons. The van der Waals surface area contributed by atoms with Crippen LogP contribution < -0.4 is 4.90 Å². The van der Waals surface area contributed by atoms with Crippen molar-refractivity contribution >= 4 is 28.9 Å². The molecule has 0 N–H and O–H groups in total. The second-order valence-electron chi connectivity index (χ2n) is 5.48. The molecule has 1 saturated heterocycles. The first-order valence-electron chi connectivity index (χ1n) is 7.28. The van der Waals surface area contributed by atoms with Crippen LogP contribution in [0.1, 0.15) is 5.56 Å². The Kier molecular flexibility index (Phi) is 4.87. The highest BCUT2D eigenvalue weighted by Crippen LogP contribution is 2.23. The van der Waals surface area contributed by atoms with E-state index in [0.717, 1.165) is 49.0 Å². The summed E-state index contributed by atoms with van der Waals surface area (Å²) in [6, 6.07) is 12.5. The van der Waals surface area contributed by atoms with E-state index >= 15 is 0 Å². The standard InChI is InChI=1S/C17H17Cl2FN2/c18-14-2-1-3-16(10-14)22-8-6-21(7-9-22)12-13-4-5-15(20)11-17(13)19/h1-5,10-11H,6-9,12H2.